The van der Waals surface area contributed by atoms with Crippen molar-refractivity contribution in [3.63, 3.8) is 0 Å². The van der Waals surface area contributed by atoms with Crippen LogP contribution in [0.5, 0.6) is 0 Å². The number of nitrogens with two attached hydrogens (primary N) is 1. The highest BCUT2D eigenvalue weighted by Crippen LogP contribution is 2.47. The number of imidazole rings is 1. The number of aromatic nitrogens is 2. The molecule has 3 amide bonds. The SMILES string of the molecule is CC.CC.CC.CC.CC(C)CC(=NCCCC[C@H](NC(=O)OCC1c2ccccc2-c2ccccc21)C(=O)O)C1=C(O)CC(C)(C)CC1=O.CN.O=C(N[C@@H](Cc1cncn1CCCCCCCCc1ccccc1)C(=O)O)OCC1c2ccccc2-c2ccccc21.O=C(O)COCCOCCNC(=O)OCC1c2ccccc2-c2ccccc21. The molecule has 660 valence electrons. The number of aliphatic hydroxyl groups excluding tert-OH is 1. The second-order valence-electron chi connectivity index (χ2n) is 29.9. The van der Waals surface area contributed by atoms with Crippen molar-refractivity contribution in [3.8, 4) is 33.4 Å². The Morgan fingerprint density at radius 2 is 0.926 bits per heavy atom. The molecular formula is C99H133N7O16. The summed E-state index contributed by atoms with van der Waals surface area (Å²) in [7, 11) is 1.50. The minimum Gasteiger partial charge on any atom is -0.511 e. The van der Waals surface area contributed by atoms with Crippen LogP contribution in [-0.2, 0) is 62.2 Å². The lowest BCUT2D eigenvalue weighted by molar-refractivity contribution is -0.143. The van der Waals surface area contributed by atoms with E-state index in [1.54, 1.807) is 12.5 Å². The summed E-state index contributed by atoms with van der Waals surface area (Å²) >= 11 is 0. The Morgan fingerprint density at radius 1 is 0.516 bits per heavy atom. The van der Waals surface area contributed by atoms with Crippen LogP contribution in [0.3, 0.4) is 0 Å². The summed E-state index contributed by atoms with van der Waals surface area (Å²) in [5.41, 5.74) is 21.0. The maximum absolute atomic E-state index is 12.8. The molecule has 0 saturated carbocycles. The highest BCUT2D eigenvalue weighted by atomic mass is 16.6. The second kappa shape index (κ2) is 55.6. The Labute approximate surface area is 722 Å². The molecule has 0 unspecified atom stereocenters. The number of aliphatic carboxylic acids is 3. The number of amides is 3. The fourth-order valence-corrected chi connectivity index (χ4v) is 15.1. The number of allylic oxidation sites excluding steroid dienone is 2. The van der Waals surface area contributed by atoms with Crippen molar-refractivity contribution in [3.05, 3.63) is 244 Å². The van der Waals surface area contributed by atoms with E-state index in [9.17, 15) is 48.9 Å². The van der Waals surface area contributed by atoms with E-state index in [1.807, 2.05) is 173 Å². The summed E-state index contributed by atoms with van der Waals surface area (Å²) in [6, 6.07) is 57.0. The molecule has 2 atom stereocenters. The Morgan fingerprint density at radius 3 is 1.36 bits per heavy atom. The highest BCUT2D eigenvalue weighted by molar-refractivity contribution is 6.23. The molecule has 1 aromatic heterocycles. The van der Waals surface area contributed by atoms with Crippen LogP contribution in [0, 0.1) is 11.3 Å². The Bertz CT molecular complexity index is 4440. The number of carbonyl (C=O) groups is 7. The van der Waals surface area contributed by atoms with Gasteiger partial charge in [0.15, 0.2) is 5.78 Å². The molecule has 0 aliphatic heterocycles. The molecule has 23 heteroatoms. The number of alkyl carbamates (subject to hydrolysis) is 3. The number of fused-ring (bicyclic) bond motifs is 9. The molecule has 0 radical (unpaired) electrons. The molecule has 4 aliphatic rings. The first-order valence-electron chi connectivity index (χ1n) is 43.5. The van der Waals surface area contributed by atoms with Crippen LogP contribution in [0.2, 0.25) is 0 Å². The zero-order valence-electron chi connectivity index (χ0n) is 73.9. The fraction of sp³-hybridized carbons (Fsp3) is 0.444. The van der Waals surface area contributed by atoms with E-state index in [1.165, 1.54) is 60.5 Å². The average molecular weight is 1680 g/mol. The largest absolute Gasteiger partial charge is 0.511 e. The number of carboxylic acids is 3. The van der Waals surface area contributed by atoms with Crippen molar-refractivity contribution in [2.24, 2.45) is 22.1 Å². The number of hydrogen-bond acceptors (Lipinski definition) is 16. The molecule has 9 N–H and O–H groups in total. The predicted octanol–water partition coefficient (Wildman–Crippen LogP) is 20.2. The van der Waals surface area contributed by atoms with E-state index in [-0.39, 0.29) is 93.1 Å². The van der Waals surface area contributed by atoms with Crippen LogP contribution in [0.25, 0.3) is 33.4 Å². The van der Waals surface area contributed by atoms with Crippen molar-refractivity contribution in [1.29, 1.82) is 0 Å². The van der Waals surface area contributed by atoms with Crippen LogP contribution in [0.15, 0.2) is 205 Å². The van der Waals surface area contributed by atoms with Gasteiger partial charge >= 0.3 is 36.2 Å². The molecule has 1 heterocycles. The summed E-state index contributed by atoms with van der Waals surface area (Å²) in [5, 5.41) is 46.3. The van der Waals surface area contributed by atoms with Gasteiger partial charge in [0.05, 0.1) is 31.7 Å². The van der Waals surface area contributed by atoms with Gasteiger partial charge in [-0.05, 0) is 136 Å². The summed E-state index contributed by atoms with van der Waals surface area (Å²) < 4.78 is 28.6. The molecule has 8 aromatic rings. The number of aryl methyl sites for hydroxylation is 2. The van der Waals surface area contributed by atoms with Crippen molar-refractivity contribution >= 4 is 47.7 Å². The number of unbranched alkanes of at least 4 members (excludes halogenated alkanes) is 6. The van der Waals surface area contributed by atoms with Gasteiger partial charge in [0.25, 0.3) is 0 Å². The topological polar surface area (TPSA) is 339 Å². The zero-order valence-corrected chi connectivity index (χ0v) is 73.9. The minimum atomic E-state index is -1.13. The Balaban J connectivity index is 0.000000315. The Kier molecular flexibility index (Phi) is 46.2. The van der Waals surface area contributed by atoms with E-state index in [2.05, 4.69) is 123 Å². The number of rotatable bonds is 37. The third kappa shape index (κ3) is 31.6. The molecule has 0 saturated heterocycles. The number of aliphatic hydroxyl groups is 1. The van der Waals surface area contributed by atoms with Gasteiger partial charge in [0.2, 0.25) is 0 Å². The number of Topliss-reactive ketones (excluding diaryl/α,β-unsaturated/α-hetero) is 1. The lowest BCUT2D eigenvalue weighted by atomic mass is 9.75. The number of aliphatic imine (C=N–C) groups is 1. The standard InChI is InChI=1S/C35H39N3O4.C34H42N2O6.C21H23NO6.4C2H6.CH5N/c39-34(40)33(37-35(41)42-24-32-30-19-11-9-17-28(30)29-18-10-12-20-31(29)32)22-27-23-36-25-38(27)21-13-4-2-1-3-6-14-26-15-7-5-8-16-26;1-21(2)17-28(31-29(37)18-34(3,4)19-30(31)38)35-16-10-9-15-27(32(39)40)36-33(41)42-20-26-24-13-7-5-11-22(24)23-12-6-8-14-25(23)26;23-20(24)14-27-12-11-26-10-9-22-21(25)28-13-19-17-7-3-1-5-15(17)16-6-2-4-8-18(16)19;5*1-2/h5,7-12,15-20,23,25,32-33H,1-4,6,13-14,21-22,24H2,(H,37,41)(H,39,40);5-8,11-14,21,26-27,37H,9-10,15-20H2,1-4H3,(H,36,41)(H,39,40);1-8,19H,9-14H2,(H,22,25)(H,23,24);4*1-2H3;2H2,1H3/t33-;27-;;;;;;/m00....../s1. The lowest BCUT2D eigenvalue weighted by Gasteiger charge is -2.30. The molecule has 7 aromatic carbocycles. The monoisotopic (exact) mass is 1680 g/mol. The van der Waals surface area contributed by atoms with E-state index >= 15 is 0 Å². The molecule has 0 spiro atoms. The van der Waals surface area contributed by atoms with Gasteiger partial charge in [0, 0.05) is 74.3 Å². The van der Waals surface area contributed by atoms with Crippen molar-refractivity contribution in [1.82, 2.24) is 25.5 Å². The number of ether oxygens (including phenoxy) is 5. The van der Waals surface area contributed by atoms with Gasteiger partial charge in [-0.3, -0.25) is 9.79 Å². The van der Waals surface area contributed by atoms with Crippen LogP contribution >= 0.6 is 0 Å². The summed E-state index contributed by atoms with van der Waals surface area (Å²) in [6.07, 6.45) is 12.3. The van der Waals surface area contributed by atoms with E-state index in [0.717, 1.165) is 76.0 Å². The maximum atomic E-state index is 12.8. The second-order valence-corrected chi connectivity index (χ2v) is 29.9. The number of nitrogens with zero attached hydrogens (tertiary/aromatic N) is 3. The molecule has 0 bridgehead atoms. The first-order chi connectivity index (χ1) is 59.2. The maximum Gasteiger partial charge on any atom is 0.407 e. The van der Waals surface area contributed by atoms with Gasteiger partial charge in [-0.15, -0.1) is 0 Å². The van der Waals surface area contributed by atoms with Crippen LogP contribution in [-0.4, -0.2) is 156 Å². The smallest absolute Gasteiger partial charge is 0.407 e. The van der Waals surface area contributed by atoms with Gasteiger partial charge in [-0.2, -0.15) is 0 Å². The summed E-state index contributed by atoms with van der Waals surface area (Å²) in [5.74, 6) is -3.14. The minimum absolute atomic E-state index is 0.0285. The van der Waals surface area contributed by atoms with Gasteiger partial charge in [-0.1, -0.05) is 285 Å². The van der Waals surface area contributed by atoms with Gasteiger partial charge in [-0.25, -0.2) is 33.8 Å². The van der Waals surface area contributed by atoms with Crippen molar-refractivity contribution < 1.29 is 77.7 Å². The number of nitrogens with one attached hydrogen (secondary N) is 3. The van der Waals surface area contributed by atoms with Gasteiger partial charge in [0.1, 0.15) is 44.3 Å². The molecule has 122 heavy (non-hydrogen) atoms. The zero-order chi connectivity index (χ0) is 89.4. The average Bonchev–Trinajstić information content (AvgIpc) is 1.63. The van der Waals surface area contributed by atoms with E-state index < -0.39 is 48.3 Å². The Hall–Kier alpha value is -11.3. The molecule has 23 nitrogen and oxygen atoms in total. The number of hydrogen-bond donors (Lipinski definition) is 8. The normalized spacial score (nSPS) is 13.4. The van der Waals surface area contributed by atoms with Crippen molar-refractivity contribution in [2.45, 2.75) is 209 Å². The number of carbonyl (C=O) groups excluding carboxylic acids is 4. The van der Waals surface area contributed by atoms with E-state index in [4.69, 9.17) is 28.8 Å². The molecular weight excluding hydrogens is 1540 g/mol. The third-order valence-corrected chi connectivity index (χ3v) is 20.4. The fourth-order valence-electron chi connectivity index (χ4n) is 15.1. The van der Waals surface area contributed by atoms with Gasteiger partial charge < -0.3 is 70.4 Å². The lowest BCUT2D eigenvalue weighted by Crippen LogP contribution is -2.43. The predicted molar refractivity (Wildman–Crippen MR) is 484 cm³/mol. The highest BCUT2D eigenvalue weighted by Gasteiger charge is 2.37. The van der Waals surface area contributed by atoms with E-state index in [0.29, 0.717) is 63.1 Å². The van der Waals surface area contributed by atoms with Crippen LogP contribution in [0.4, 0.5) is 14.4 Å². The third-order valence-electron chi connectivity index (χ3n) is 20.4. The molecule has 0 fully saturated rings. The summed E-state index contributed by atoms with van der Waals surface area (Å²) in [6.45, 7) is 26.4. The number of ketones is 1. The summed E-state index contributed by atoms with van der Waals surface area (Å²) in [4.78, 5) is 93.2. The quantitative estimate of drug-likeness (QED) is 0.0102. The molecule has 4 aliphatic carbocycles. The molecule has 12 rings (SSSR count). The van der Waals surface area contributed by atoms with Crippen LogP contribution in [0.1, 0.15) is 223 Å². The first kappa shape index (κ1) is 101. The number of carboxylic acid groups (broad SMARTS) is 3. The first-order valence-corrected chi connectivity index (χ1v) is 43.5. The van der Waals surface area contributed by atoms with Crippen LogP contribution < -0.4 is 21.7 Å². The number of benzene rings is 7. The van der Waals surface area contributed by atoms with Crippen molar-refractivity contribution in [2.75, 3.05) is 66.4 Å².